The molecule has 0 unspecified atom stereocenters. The normalized spacial score (nSPS) is 10.3. The first-order valence-electron chi connectivity index (χ1n) is 12.2. The van der Waals surface area contributed by atoms with Gasteiger partial charge in [0, 0.05) is 16.1 Å². The highest BCUT2D eigenvalue weighted by atomic mass is 32.2. The Balaban J connectivity index is 0.00000145. The van der Waals surface area contributed by atoms with Gasteiger partial charge >= 0.3 is 0 Å². The summed E-state index contributed by atoms with van der Waals surface area (Å²) in [6.45, 7) is 13.8. The zero-order valence-electron chi connectivity index (χ0n) is 21.9. The molecule has 3 rings (SSSR count). The summed E-state index contributed by atoms with van der Waals surface area (Å²) in [5.41, 5.74) is 2.15. The van der Waals surface area contributed by atoms with Gasteiger partial charge in [0.15, 0.2) is 5.78 Å². The van der Waals surface area contributed by atoms with E-state index in [0.29, 0.717) is 17.7 Å². The van der Waals surface area contributed by atoms with Gasteiger partial charge in [0.25, 0.3) is 0 Å². The summed E-state index contributed by atoms with van der Waals surface area (Å²) >= 11 is 1.77. The maximum absolute atomic E-state index is 13.2. The number of carbonyl (C=O) groups excluding carboxylic acids is 2. The third kappa shape index (κ3) is 8.99. The van der Waals surface area contributed by atoms with Crippen LogP contribution in [-0.4, -0.2) is 17.4 Å². The Morgan fingerprint density at radius 3 is 1.89 bits per heavy atom. The number of benzene rings is 3. The summed E-state index contributed by atoms with van der Waals surface area (Å²) in [5.74, 6) is 0.465. The van der Waals surface area contributed by atoms with E-state index in [-0.39, 0.29) is 17.5 Å². The third-order valence-corrected chi connectivity index (χ3v) is 6.06. The summed E-state index contributed by atoms with van der Waals surface area (Å²) < 4.78 is 13.2. The smallest absolute Gasteiger partial charge is 0.228 e. The average molecular weight is 496 g/mol. The van der Waals surface area contributed by atoms with Crippen LogP contribution in [0.15, 0.2) is 77.7 Å². The van der Waals surface area contributed by atoms with Crippen molar-refractivity contribution in [2.45, 2.75) is 65.2 Å². The van der Waals surface area contributed by atoms with Crippen LogP contribution in [0.1, 0.15) is 70.0 Å². The van der Waals surface area contributed by atoms with Crippen LogP contribution in [0, 0.1) is 5.82 Å². The van der Waals surface area contributed by atoms with E-state index in [0.717, 1.165) is 16.9 Å². The summed E-state index contributed by atoms with van der Waals surface area (Å²) in [4.78, 5) is 26.5. The van der Waals surface area contributed by atoms with Crippen molar-refractivity contribution in [3.8, 4) is 0 Å². The van der Waals surface area contributed by atoms with Crippen molar-refractivity contribution in [2.75, 3.05) is 11.1 Å². The molecule has 0 saturated heterocycles. The Labute approximate surface area is 214 Å². The number of amides is 1. The molecule has 1 amide bonds. The van der Waals surface area contributed by atoms with E-state index in [9.17, 15) is 14.0 Å². The predicted octanol–water partition coefficient (Wildman–Crippen LogP) is 8.33. The Morgan fingerprint density at radius 2 is 1.37 bits per heavy atom. The lowest BCUT2D eigenvalue weighted by molar-refractivity contribution is -0.115. The fraction of sp³-hybridized carbons (Fsp3) is 0.333. The number of hydrogen-bond acceptors (Lipinski definition) is 3. The van der Waals surface area contributed by atoms with E-state index in [1.54, 1.807) is 23.9 Å². The minimum Gasteiger partial charge on any atom is -0.326 e. The molecule has 0 heterocycles. The molecule has 35 heavy (non-hydrogen) atoms. The standard InChI is InChI=1S/C26H26FNO2S.2C2H6/c1-4-31-23-15-5-18(6-16-23)17-24(29)28-22-13-9-20(10-14-22)26(2,3)25(30)19-7-11-21(27)12-8-19;2*1-2/h5-16H,4,17H2,1-3H3,(H,28,29);2*1-2H3. The quantitative estimate of drug-likeness (QED) is 0.252. The van der Waals surface area contributed by atoms with Gasteiger partial charge in [-0.05, 0) is 79.3 Å². The molecule has 0 atom stereocenters. The second-order valence-electron chi connectivity index (χ2n) is 7.84. The first-order valence-corrected chi connectivity index (χ1v) is 13.2. The maximum atomic E-state index is 13.2. The summed E-state index contributed by atoms with van der Waals surface area (Å²) in [5, 5.41) is 2.91. The van der Waals surface area contributed by atoms with Crippen molar-refractivity contribution in [1.82, 2.24) is 0 Å². The lowest BCUT2D eigenvalue weighted by Gasteiger charge is -2.24. The van der Waals surface area contributed by atoms with Gasteiger partial charge < -0.3 is 5.32 Å². The predicted molar refractivity (Wildman–Crippen MR) is 148 cm³/mol. The van der Waals surface area contributed by atoms with E-state index < -0.39 is 5.41 Å². The number of ketones is 1. The molecule has 188 valence electrons. The molecule has 3 nitrogen and oxygen atoms in total. The van der Waals surface area contributed by atoms with Crippen molar-refractivity contribution in [2.24, 2.45) is 0 Å². The van der Waals surface area contributed by atoms with E-state index in [2.05, 4.69) is 12.2 Å². The number of halogens is 1. The first kappa shape index (κ1) is 30.1. The van der Waals surface area contributed by atoms with Gasteiger partial charge in [-0.1, -0.05) is 58.9 Å². The zero-order valence-corrected chi connectivity index (χ0v) is 22.8. The Hall–Kier alpha value is -2.92. The zero-order chi connectivity index (χ0) is 26.4. The van der Waals surface area contributed by atoms with Crippen LogP contribution < -0.4 is 5.32 Å². The highest BCUT2D eigenvalue weighted by Gasteiger charge is 2.30. The molecule has 0 spiro atoms. The first-order chi connectivity index (χ1) is 16.8. The molecule has 0 aromatic heterocycles. The van der Waals surface area contributed by atoms with Gasteiger partial charge in [0.1, 0.15) is 5.82 Å². The van der Waals surface area contributed by atoms with E-state index in [1.807, 2.05) is 77.9 Å². The molecule has 0 aliphatic heterocycles. The van der Waals surface area contributed by atoms with Crippen LogP contribution in [0.2, 0.25) is 0 Å². The summed E-state index contributed by atoms with van der Waals surface area (Å²) in [7, 11) is 0. The van der Waals surface area contributed by atoms with Crippen LogP contribution in [0.25, 0.3) is 0 Å². The van der Waals surface area contributed by atoms with Crippen LogP contribution >= 0.6 is 11.8 Å². The van der Waals surface area contributed by atoms with Gasteiger partial charge in [-0.2, -0.15) is 0 Å². The van der Waals surface area contributed by atoms with Crippen molar-refractivity contribution >= 4 is 29.1 Å². The number of hydrogen-bond donors (Lipinski definition) is 1. The minimum absolute atomic E-state index is 0.0889. The molecule has 0 fully saturated rings. The van der Waals surface area contributed by atoms with E-state index in [1.165, 1.54) is 29.2 Å². The topological polar surface area (TPSA) is 46.2 Å². The summed E-state index contributed by atoms with van der Waals surface area (Å²) in [6, 6.07) is 20.9. The van der Waals surface area contributed by atoms with Gasteiger partial charge in [-0.25, -0.2) is 4.39 Å². The maximum Gasteiger partial charge on any atom is 0.228 e. The number of thioether (sulfide) groups is 1. The Morgan fingerprint density at radius 1 is 0.829 bits per heavy atom. The molecule has 1 N–H and O–H groups in total. The van der Waals surface area contributed by atoms with Crippen LogP contribution in [-0.2, 0) is 16.6 Å². The molecule has 0 radical (unpaired) electrons. The molecule has 0 aliphatic carbocycles. The lowest BCUT2D eigenvalue weighted by Crippen LogP contribution is -2.29. The number of rotatable bonds is 8. The van der Waals surface area contributed by atoms with E-state index in [4.69, 9.17) is 0 Å². The van der Waals surface area contributed by atoms with E-state index >= 15 is 0 Å². The summed E-state index contributed by atoms with van der Waals surface area (Å²) in [6.07, 6.45) is 0.299. The van der Waals surface area contributed by atoms with Crippen molar-refractivity contribution in [3.63, 3.8) is 0 Å². The third-order valence-electron chi connectivity index (χ3n) is 5.16. The monoisotopic (exact) mass is 495 g/mol. The number of carbonyl (C=O) groups is 2. The molecular formula is C30H38FNO2S. The highest BCUT2D eigenvalue weighted by Crippen LogP contribution is 2.29. The largest absolute Gasteiger partial charge is 0.326 e. The minimum atomic E-state index is -0.779. The Bertz CT molecular complexity index is 1040. The van der Waals surface area contributed by atoms with Gasteiger partial charge in [-0.3, -0.25) is 9.59 Å². The van der Waals surface area contributed by atoms with Crippen LogP contribution in [0.3, 0.4) is 0 Å². The van der Waals surface area contributed by atoms with Crippen molar-refractivity contribution in [1.29, 1.82) is 0 Å². The number of anilines is 1. The van der Waals surface area contributed by atoms with Crippen molar-refractivity contribution in [3.05, 3.63) is 95.3 Å². The molecule has 0 aliphatic rings. The Kier molecular flexibility index (Phi) is 13.0. The number of Topliss-reactive ketones (excluding diaryl/α,β-unsaturated/α-hetero) is 1. The molecule has 3 aromatic rings. The molecule has 3 aromatic carbocycles. The average Bonchev–Trinajstić information content (AvgIpc) is 2.88. The fourth-order valence-electron chi connectivity index (χ4n) is 3.32. The lowest BCUT2D eigenvalue weighted by atomic mass is 9.78. The molecule has 0 bridgehead atoms. The molecule has 5 heteroatoms. The van der Waals surface area contributed by atoms with Gasteiger partial charge in [-0.15, -0.1) is 11.8 Å². The SMILES string of the molecule is CC.CC.CCSc1ccc(CC(=O)Nc2ccc(C(C)(C)C(=O)c3ccc(F)cc3)cc2)cc1. The van der Waals surface area contributed by atoms with Gasteiger partial charge in [0.05, 0.1) is 11.8 Å². The number of nitrogens with one attached hydrogen (secondary N) is 1. The second kappa shape index (κ2) is 15.2. The second-order valence-corrected chi connectivity index (χ2v) is 9.18. The van der Waals surface area contributed by atoms with Crippen LogP contribution in [0.5, 0.6) is 0 Å². The molecule has 0 saturated carbocycles. The van der Waals surface area contributed by atoms with Gasteiger partial charge in [0.2, 0.25) is 5.91 Å². The fourth-order valence-corrected chi connectivity index (χ4v) is 3.99. The van der Waals surface area contributed by atoms with Crippen LogP contribution in [0.4, 0.5) is 10.1 Å². The molecular weight excluding hydrogens is 457 g/mol. The highest BCUT2D eigenvalue weighted by molar-refractivity contribution is 7.99. The van der Waals surface area contributed by atoms with Crippen molar-refractivity contribution < 1.29 is 14.0 Å².